The molecule has 0 aliphatic rings. The topological polar surface area (TPSA) is 66.4 Å². The Hall–Kier alpha value is -1.68. The number of Topliss-reactive ketones (excluding diaryl/α,β-unsaturated/α-hetero) is 1. The number of nitrogens with one attached hydrogen (secondary N) is 1. The first-order valence-corrected chi connectivity index (χ1v) is 7.66. The van der Waals surface area contributed by atoms with Crippen LogP contribution >= 0.6 is 0 Å². The molecule has 0 heterocycles. The second kappa shape index (κ2) is 9.29. The van der Waals surface area contributed by atoms with Crippen LogP contribution in [-0.2, 0) is 11.2 Å². The van der Waals surface area contributed by atoms with Crippen LogP contribution in [0.15, 0.2) is 24.3 Å². The molecule has 1 aromatic rings. The third-order valence-electron chi connectivity index (χ3n) is 3.38. The Morgan fingerprint density at radius 3 is 2.33 bits per heavy atom. The summed E-state index contributed by atoms with van der Waals surface area (Å²) in [5.41, 5.74) is 1.87. The van der Waals surface area contributed by atoms with E-state index < -0.39 is 12.0 Å². The Labute approximate surface area is 126 Å². The van der Waals surface area contributed by atoms with E-state index in [9.17, 15) is 9.59 Å². The lowest BCUT2D eigenvalue weighted by Crippen LogP contribution is -2.37. The van der Waals surface area contributed by atoms with E-state index in [4.69, 9.17) is 5.11 Å². The van der Waals surface area contributed by atoms with Crippen molar-refractivity contribution in [1.29, 1.82) is 0 Å². The predicted octanol–water partition coefficient (Wildman–Crippen LogP) is 3.05. The van der Waals surface area contributed by atoms with Crippen LogP contribution in [0.4, 0.5) is 0 Å². The van der Waals surface area contributed by atoms with Gasteiger partial charge in [-0.3, -0.25) is 9.59 Å². The molecular formula is C17H25NO3. The standard InChI is InChI=1S/C17H25NO3/c1-3-5-13-6-8-14(9-7-13)17(21)15(18-12-4-2)10-11-16(19)20/h6-9,15,18H,3-5,10-12H2,1-2H3,(H,19,20). The lowest BCUT2D eigenvalue weighted by atomic mass is 9.98. The van der Waals surface area contributed by atoms with Gasteiger partial charge in [-0.15, -0.1) is 0 Å². The van der Waals surface area contributed by atoms with Crippen molar-refractivity contribution in [3.8, 4) is 0 Å². The van der Waals surface area contributed by atoms with Crippen molar-refractivity contribution in [2.75, 3.05) is 6.54 Å². The minimum Gasteiger partial charge on any atom is -0.481 e. The molecule has 0 spiro atoms. The van der Waals surface area contributed by atoms with Gasteiger partial charge in [-0.2, -0.15) is 0 Å². The van der Waals surface area contributed by atoms with Gasteiger partial charge in [0, 0.05) is 12.0 Å². The molecule has 1 atom stereocenters. The first-order valence-electron chi connectivity index (χ1n) is 7.66. The van der Waals surface area contributed by atoms with E-state index >= 15 is 0 Å². The van der Waals surface area contributed by atoms with Gasteiger partial charge >= 0.3 is 5.97 Å². The summed E-state index contributed by atoms with van der Waals surface area (Å²) in [6, 6.07) is 7.22. The van der Waals surface area contributed by atoms with E-state index in [1.165, 1.54) is 5.56 Å². The van der Waals surface area contributed by atoms with Gasteiger partial charge in [0.05, 0.1) is 6.04 Å². The van der Waals surface area contributed by atoms with Crippen LogP contribution in [0.1, 0.15) is 55.5 Å². The summed E-state index contributed by atoms with van der Waals surface area (Å²) in [6.45, 7) is 4.85. The molecule has 0 aliphatic heterocycles. The lowest BCUT2D eigenvalue weighted by Gasteiger charge is -2.16. The van der Waals surface area contributed by atoms with E-state index in [0.29, 0.717) is 18.5 Å². The fourth-order valence-corrected chi connectivity index (χ4v) is 2.24. The van der Waals surface area contributed by atoms with Gasteiger partial charge in [-0.25, -0.2) is 0 Å². The molecule has 116 valence electrons. The zero-order valence-corrected chi connectivity index (χ0v) is 12.9. The molecular weight excluding hydrogens is 266 g/mol. The van der Waals surface area contributed by atoms with E-state index in [0.717, 1.165) is 19.3 Å². The molecule has 0 bridgehead atoms. The molecule has 4 heteroatoms. The molecule has 0 saturated heterocycles. The van der Waals surface area contributed by atoms with Crippen molar-refractivity contribution in [2.45, 2.75) is 52.0 Å². The van der Waals surface area contributed by atoms with Crippen LogP contribution in [0.5, 0.6) is 0 Å². The number of benzene rings is 1. The number of rotatable bonds is 10. The van der Waals surface area contributed by atoms with Crippen molar-refractivity contribution in [2.24, 2.45) is 0 Å². The summed E-state index contributed by atoms with van der Waals surface area (Å²) in [5, 5.41) is 11.9. The Morgan fingerprint density at radius 2 is 1.81 bits per heavy atom. The van der Waals surface area contributed by atoms with E-state index in [-0.39, 0.29) is 12.2 Å². The highest BCUT2D eigenvalue weighted by atomic mass is 16.4. The van der Waals surface area contributed by atoms with Crippen LogP contribution in [0.3, 0.4) is 0 Å². The molecule has 2 N–H and O–H groups in total. The molecule has 0 aliphatic carbocycles. The molecule has 1 rings (SSSR count). The number of carbonyl (C=O) groups excluding carboxylic acids is 1. The smallest absolute Gasteiger partial charge is 0.303 e. The molecule has 0 amide bonds. The fraction of sp³-hybridized carbons (Fsp3) is 0.529. The number of carboxylic acids is 1. The molecule has 0 aromatic heterocycles. The Balaban J connectivity index is 2.74. The quantitative estimate of drug-likeness (QED) is 0.650. The largest absolute Gasteiger partial charge is 0.481 e. The maximum absolute atomic E-state index is 12.5. The van der Waals surface area contributed by atoms with Crippen molar-refractivity contribution >= 4 is 11.8 Å². The first kappa shape index (κ1) is 17.4. The summed E-state index contributed by atoms with van der Waals surface area (Å²) < 4.78 is 0. The molecule has 0 fully saturated rings. The Bertz CT molecular complexity index is 454. The van der Waals surface area contributed by atoms with Crippen LogP contribution < -0.4 is 5.32 Å². The van der Waals surface area contributed by atoms with Crippen LogP contribution in [0.2, 0.25) is 0 Å². The number of carbonyl (C=O) groups is 2. The molecule has 1 aromatic carbocycles. The van der Waals surface area contributed by atoms with E-state index in [2.05, 4.69) is 12.2 Å². The van der Waals surface area contributed by atoms with Gasteiger partial charge in [0.2, 0.25) is 0 Å². The van der Waals surface area contributed by atoms with E-state index in [1.807, 2.05) is 31.2 Å². The van der Waals surface area contributed by atoms with Crippen molar-refractivity contribution in [3.63, 3.8) is 0 Å². The molecule has 21 heavy (non-hydrogen) atoms. The van der Waals surface area contributed by atoms with Gasteiger partial charge in [0.25, 0.3) is 0 Å². The van der Waals surface area contributed by atoms with Gasteiger partial charge in [0.15, 0.2) is 5.78 Å². The minimum atomic E-state index is -0.871. The second-order valence-electron chi connectivity index (χ2n) is 5.25. The number of carboxylic acid groups (broad SMARTS) is 1. The molecule has 0 saturated carbocycles. The Kier molecular flexibility index (Phi) is 7.69. The van der Waals surface area contributed by atoms with Crippen molar-refractivity contribution in [3.05, 3.63) is 35.4 Å². The third kappa shape index (κ3) is 6.08. The molecule has 4 nitrogen and oxygen atoms in total. The maximum Gasteiger partial charge on any atom is 0.303 e. The SMILES string of the molecule is CCCNC(CCC(=O)O)C(=O)c1ccc(CCC)cc1. The summed E-state index contributed by atoms with van der Waals surface area (Å²) >= 11 is 0. The summed E-state index contributed by atoms with van der Waals surface area (Å²) in [6.07, 6.45) is 3.32. The summed E-state index contributed by atoms with van der Waals surface area (Å²) in [4.78, 5) is 23.2. The highest BCUT2D eigenvalue weighted by Crippen LogP contribution is 2.11. The van der Waals surface area contributed by atoms with Crippen LogP contribution in [0, 0.1) is 0 Å². The average molecular weight is 291 g/mol. The predicted molar refractivity (Wildman–Crippen MR) is 83.7 cm³/mol. The third-order valence-corrected chi connectivity index (χ3v) is 3.38. The van der Waals surface area contributed by atoms with Crippen LogP contribution in [0.25, 0.3) is 0 Å². The monoisotopic (exact) mass is 291 g/mol. The van der Waals surface area contributed by atoms with Crippen LogP contribution in [-0.4, -0.2) is 29.4 Å². The van der Waals surface area contributed by atoms with Gasteiger partial charge in [-0.1, -0.05) is 44.5 Å². The van der Waals surface area contributed by atoms with E-state index in [1.54, 1.807) is 0 Å². The minimum absolute atomic E-state index is 0.00103. The lowest BCUT2D eigenvalue weighted by molar-refractivity contribution is -0.137. The normalized spacial score (nSPS) is 12.1. The maximum atomic E-state index is 12.5. The molecule has 0 radical (unpaired) electrons. The number of aryl methyl sites for hydroxylation is 1. The molecule has 1 unspecified atom stereocenters. The van der Waals surface area contributed by atoms with Gasteiger partial charge in [-0.05, 0) is 31.4 Å². The van der Waals surface area contributed by atoms with Crippen molar-refractivity contribution in [1.82, 2.24) is 5.32 Å². The number of ketones is 1. The number of aliphatic carboxylic acids is 1. The fourth-order valence-electron chi connectivity index (χ4n) is 2.24. The zero-order valence-electron chi connectivity index (χ0n) is 12.9. The number of hydrogen-bond acceptors (Lipinski definition) is 3. The van der Waals surface area contributed by atoms with Gasteiger partial charge in [0.1, 0.15) is 0 Å². The summed E-state index contributed by atoms with van der Waals surface area (Å²) in [5.74, 6) is -0.892. The van der Waals surface area contributed by atoms with Gasteiger partial charge < -0.3 is 10.4 Å². The summed E-state index contributed by atoms with van der Waals surface area (Å²) in [7, 11) is 0. The first-order chi connectivity index (χ1) is 10.1. The second-order valence-corrected chi connectivity index (χ2v) is 5.25. The Morgan fingerprint density at radius 1 is 1.14 bits per heavy atom. The average Bonchev–Trinajstić information content (AvgIpc) is 2.47. The zero-order chi connectivity index (χ0) is 15.7. The highest BCUT2D eigenvalue weighted by Gasteiger charge is 2.20. The number of hydrogen-bond donors (Lipinski definition) is 2. The van der Waals surface area contributed by atoms with Crippen molar-refractivity contribution < 1.29 is 14.7 Å². The highest BCUT2D eigenvalue weighted by molar-refractivity contribution is 6.00.